The summed E-state index contributed by atoms with van der Waals surface area (Å²) >= 11 is 15.3. The standard InChI is InChI=1S/C22H18BrCl2N3O5S/c1-14-20(3-2-4-21(14)28(30)31)26-22(29)13-27(12-15-5-10-18(24)19(25)11-15)34(32,33)17-8-6-16(23)7-9-17/h2-11H,12-13H2,1H3,(H,26,29). The molecule has 1 N–H and O–H groups in total. The lowest BCUT2D eigenvalue weighted by molar-refractivity contribution is -0.385. The number of carbonyl (C=O) groups is 1. The summed E-state index contributed by atoms with van der Waals surface area (Å²) in [6.45, 7) is 0.803. The Kier molecular flexibility index (Phi) is 8.32. The van der Waals surface area contributed by atoms with Crippen LogP contribution in [0.15, 0.2) is 70.0 Å². The minimum absolute atomic E-state index is 0.00455. The van der Waals surface area contributed by atoms with Crippen LogP contribution in [-0.4, -0.2) is 30.1 Å². The van der Waals surface area contributed by atoms with Gasteiger partial charge in [0.1, 0.15) is 0 Å². The maximum Gasteiger partial charge on any atom is 0.274 e. The summed E-state index contributed by atoms with van der Waals surface area (Å²) in [4.78, 5) is 23.5. The van der Waals surface area contributed by atoms with Crippen LogP contribution < -0.4 is 5.32 Å². The fourth-order valence-corrected chi connectivity index (χ4v) is 5.10. The highest BCUT2D eigenvalue weighted by Gasteiger charge is 2.28. The summed E-state index contributed by atoms with van der Waals surface area (Å²) in [5, 5.41) is 14.3. The van der Waals surface area contributed by atoms with Crippen LogP contribution in [0.5, 0.6) is 0 Å². The molecule has 0 bridgehead atoms. The van der Waals surface area contributed by atoms with Gasteiger partial charge in [0, 0.05) is 17.1 Å². The number of nitro benzene ring substituents is 1. The molecule has 3 aromatic rings. The summed E-state index contributed by atoms with van der Waals surface area (Å²) in [6, 6.07) is 14.9. The second-order valence-electron chi connectivity index (χ2n) is 7.23. The highest BCUT2D eigenvalue weighted by atomic mass is 79.9. The van der Waals surface area contributed by atoms with E-state index in [9.17, 15) is 23.3 Å². The fourth-order valence-electron chi connectivity index (χ4n) is 3.13. The molecule has 0 heterocycles. The van der Waals surface area contributed by atoms with E-state index in [1.807, 2.05) is 0 Å². The van der Waals surface area contributed by atoms with Crippen molar-refractivity contribution in [2.75, 3.05) is 11.9 Å². The van der Waals surface area contributed by atoms with Crippen LogP contribution in [0.3, 0.4) is 0 Å². The average Bonchev–Trinajstić information content (AvgIpc) is 2.77. The van der Waals surface area contributed by atoms with E-state index in [-0.39, 0.29) is 33.4 Å². The quantitative estimate of drug-likeness (QED) is 0.265. The molecule has 1 amide bonds. The molecule has 0 aromatic heterocycles. The van der Waals surface area contributed by atoms with E-state index in [1.165, 1.54) is 49.4 Å². The van der Waals surface area contributed by atoms with Crippen LogP contribution in [-0.2, 0) is 21.4 Å². The Bertz CT molecular complexity index is 1350. The molecule has 8 nitrogen and oxygen atoms in total. The first kappa shape index (κ1) is 26.1. The predicted octanol–water partition coefficient (Wildman–Crippen LogP) is 5.80. The third-order valence-electron chi connectivity index (χ3n) is 4.89. The van der Waals surface area contributed by atoms with Gasteiger partial charge in [0.2, 0.25) is 15.9 Å². The number of hydrogen-bond acceptors (Lipinski definition) is 5. The molecule has 0 saturated heterocycles. The van der Waals surface area contributed by atoms with Crippen LogP contribution in [0.1, 0.15) is 11.1 Å². The molecule has 34 heavy (non-hydrogen) atoms. The number of nitro groups is 1. The molecular formula is C22H18BrCl2N3O5S. The summed E-state index contributed by atoms with van der Waals surface area (Å²) in [7, 11) is -4.09. The van der Waals surface area contributed by atoms with Crippen molar-refractivity contribution in [3.8, 4) is 0 Å². The third kappa shape index (κ3) is 6.13. The van der Waals surface area contributed by atoms with Crippen LogP contribution in [0.25, 0.3) is 0 Å². The number of halogens is 3. The molecule has 178 valence electrons. The largest absolute Gasteiger partial charge is 0.324 e. The number of amides is 1. The molecule has 0 unspecified atom stereocenters. The Labute approximate surface area is 214 Å². The van der Waals surface area contributed by atoms with E-state index in [0.717, 1.165) is 4.31 Å². The molecule has 0 aliphatic heterocycles. The zero-order chi connectivity index (χ0) is 25.0. The van der Waals surface area contributed by atoms with E-state index in [1.54, 1.807) is 18.2 Å². The van der Waals surface area contributed by atoms with Gasteiger partial charge in [-0.15, -0.1) is 0 Å². The zero-order valence-electron chi connectivity index (χ0n) is 17.7. The Morgan fingerprint density at radius 2 is 1.76 bits per heavy atom. The molecular weight excluding hydrogens is 569 g/mol. The van der Waals surface area contributed by atoms with Crippen molar-refractivity contribution < 1.29 is 18.1 Å². The SMILES string of the molecule is Cc1c(NC(=O)CN(Cc2ccc(Cl)c(Cl)c2)S(=O)(=O)c2ccc(Br)cc2)cccc1[N+](=O)[O-]. The van der Waals surface area contributed by atoms with Crippen molar-refractivity contribution in [2.45, 2.75) is 18.4 Å². The maximum absolute atomic E-state index is 13.4. The number of carbonyl (C=O) groups excluding carboxylic acids is 1. The maximum atomic E-state index is 13.4. The number of benzene rings is 3. The highest BCUT2D eigenvalue weighted by Crippen LogP contribution is 2.27. The molecule has 3 rings (SSSR count). The molecule has 0 aliphatic carbocycles. The fraction of sp³-hybridized carbons (Fsp3) is 0.136. The molecule has 3 aromatic carbocycles. The normalized spacial score (nSPS) is 11.4. The first-order chi connectivity index (χ1) is 16.0. The monoisotopic (exact) mass is 585 g/mol. The molecule has 12 heteroatoms. The van der Waals surface area contributed by atoms with Gasteiger partial charge in [-0.05, 0) is 55.0 Å². The highest BCUT2D eigenvalue weighted by molar-refractivity contribution is 9.10. The van der Waals surface area contributed by atoms with Gasteiger partial charge in [-0.3, -0.25) is 14.9 Å². The summed E-state index contributed by atoms with van der Waals surface area (Å²) < 4.78 is 28.5. The predicted molar refractivity (Wildman–Crippen MR) is 135 cm³/mol. The van der Waals surface area contributed by atoms with Crippen molar-refractivity contribution in [1.82, 2.24) is 4.31 Å². The van der Waals surface area contributed by atoms with E-state index in [4.69, 9.17) is 23.2 Å². The Morgan fingerprint density at radius 3 is 2.38 bits per heavy atom. The first-order valence-electron chi connectivity index (χ1n) is 9.72. The Balaban J connectivity index is 1.92. The number of anilines is 1. The number of nitrogens with zero attached hydrogens (tertiary/aromatic N) is 2. The number of nitrogens with one attached hydrogen (secondary N) is 1. The van der Waals surface area contributed by atoms with Crippen molar-refractivity contribution in [3.63, 3.8) is 0 Å². The van der Waals surface area contributed by atoms with E-state index >= 15 is 0 Å². The number of hydrogen-bond donors (Lipinski definition) is 1. The average molecular weight is 587 g/mol. The van der Waals surface area contributed by atoms with Crippen LogP contribution >= 0.6 is 39.1 Å². The summed E-state index contributed by atoms with van der Waals surface area (Å²) in [5.74, 6) is -0.663. The van der Waals surface area contributed by atoms with Gasteiger partial charge in [-0.2, -0.15) is 4.31 Å². The lowest BCUT2D eigenvalue weighted by Crippen LogP contribution is -2.37. The van der Waals surface area contributed by atoms with E-state index < -0.39 is 27.4 Å². The third-order valence-corrected chi connectivity index (χ3v) is 7.96. The molecule has 0 fully saturated rings. The van der Waals surface area contributed by atoms with Gasteiger partial charge in [-0.25, -0.2) is 8.42 Å². The number of rotatable bonds is 8. The minimum Gasteiger partial charge on any atom is -0.324 e. The van der Waals surface area contributed by atoms with Crippen molar-refractivity contribution >= 4 is 66.4 Å². The second kappa shape index (κ2) is 10.8. The lowest BCUT2D eigenvalue weighted by atomic mass is 10.1. The molecule has 0 atom stereocenters. The van der Waals surface area contributed by atoms with Crippen molar-refractivity contribution in [2.24, 2.45) is 0 Å². The molecule has 0 spiro atoms. The minimum atomic E-state index is -4.09. The molecule has 0 radical (unpaired) electrons. The van der Waals surface area contributed by atoms with Gasteiger partial charge < -0.3 is 5.32 Å². The molecule has 0 saturated carbocycles. The van der Waals surface area contributed by atoms with Gasteiger partial charge >= 0.3 is 0 Å². The lowest BCUT2D eigenvalue weighted by Gasteiger charge is -2.22. The van der Waals surface area contributed by atoms with Gasteiger partial charge in [-0.1, -0.05) is 51.3 Å². The van der Waals surface area contributed by atoms with Crippen LogP contribution in [0.2, 0.25) is 10.0 Å². The second-order valence-corrected chi connectivity index (χ2v) is 10.9. The van der Waals surface area contributed by atoms with Gasteiger partial charge in [0.15, 0.2) is 0 Å². The zero-order valence-corrected chi connectivity index (χ0v) is 21.6. The van der Waals surface area contributed by atoms with E-state index in [0.29, 0.717) is 15.1 Å². The van der Waals surface area contributed by atoms with Gasteiger partial charge in [0.25, 0.3) is 5.69 Å². The first-order valence-corrected chi connectivity index (χ1v) is 12.7. The Hall–Kier alpha value is -2.50. The smallest absolute Gasteiger partial charge is 0.274 e. The summed E-state index contributed by atoms with van der Waals surface area (Å²) in [6.07, 6.45) is 0. The Morgan fingerprint density at radius 1 is 1.09 bits per heavy atom. The van der Waals surface area contributed by atoms with Crippen LogP contribution in [0, 0.1) is 17.0 Å². The molecule has 0 aliphatic rings. The van der Waals surface area contributed by atoms with Gasteiger partial charge in [0.05, 0.1) is 37.7 Å². The summed E-state index contributed by atoms with van der Waals surface area (Å²) in [5.41, 5.74) is 0.838. The van der Waals surface area contributed by atoms with Crippen molar-refractivity contribution in [1.29, 1.82) is 0 Å². The number of sulfonamides is 1. The van der Waals surface area contributed by atoms with Crippen molar-refractivity contribution in [3.05, 3.63) is 96.4 Å². The topological polar surface area (TPSA) is 110 Å². The van der Waals surface area contributed by atoms with E-state index in [2.05, 4.69) is 21.2 Å². The van der Waals surface area contributed by atoms with Crippen LogP contribution in [0.4, 0.5) is 11.4 Å².